The van der Waals surface area contributed by atoms with Crippen molar-refractivity contribution in [1.82, 2.24) is 0 Å². The Balaban J connectivity index is 2.72. The van der Waals surface area contributed by atoms with Gasteiger partial charge in [0.05, 0.1) is 0 Å². The SMILES string of the molecule is C/C(O)=C(\Cl)C(=O)Nc1ccccc1. The summed E-state index contributed by atoms with van der Waals surface area (Å²) in [5.41, 5.74) is 0.636. The molecule has 0 aliphatic rings. The average molecular weight is 212 g/mol. The molecule has 0 atom stereocenters. The molecule has 0 bridgehead atoms. The average Bonchev–Trinajstić information content (AvgIpc) is 2.18. The topological polar surface area (TPSA) is 49.3 Å². The fraction of sp³-hybridized carbons (Fsp3) is 0.100. The molecule has 0 aliphatic heterocycles. The van der Waals surface area contributed by atoms with Crippen LogP contribution in [0, 0.1) is 0 Å². The highest BCUT2D eigenvalue weighted by Crippen LogP contribution is 2.11. The monoisotopic (exact) mass is 211 g/mol. The van der Waals surface area contributed by atoms with E-state index in [0.717, 1.165) is 0 Å². The maximum Gasteiger partial charge on any atom is 0.270 e. The van der Waals surface area contributed by atoms with Crippen LogP contribution in [0.1, 0.15) is 6.92 Å². The summed E-state index contributed by atoms with van der Waals surface area (Å²) in [6, 6.07) is 8.88. The fourth-order valence-corrected chi connectivity index (χ4v) is 0.919. The van der Waals surface area contributed by atoms with Gasteiger partial charge in [-0.1, -0.05) is 29.8 Å². The smallest absolute Gasteiger partial charge is 0.270 e. The highest BCUT2D eigenvalue weighted by molar-refractivity contribution is 6.44. The van der Waals surface area contributed by atoms with Gasteiger partial charge in [0.15, 0.2) is 0 Å². The van der Waals surface area contributed by atoms with Crippen LogP contribution in [0.25, 0.3) is 0 Å². The Morgan fingerprint density at radius 1 is 1.36 bits per heavy atom. The van der Waals surface area contributed by atoms with Crippen molar-refractivity contribution < 1.29 is 9.90 Å². The van der Waals surface area contributed by atoms with E-state index in [1.807, 2.05) is 6.07 Å². The van der Waals surface area contributed by atoms with E-state index in [2.05, 4.69) is 5.32 Å². The Morgan fingerprint density at radius 2 is 1.93 bits per heavy atom. The molecular weight excluding hydrogens is 202 g/mol. The third kappa shape index (κ3) is 2.78. The number of aliphatic hydroxyl groups is 1. The second kappa shape index (κ2) is 4.67. The van der Waals surface area contributed by atoms with Gasteiger partial charge in [-0.25, -0.2) is 0 Å². The van der Waals surface area contributed by atoms with Crippen LogP contribution in [0.2, 0.25) is 0 Å². The molecule has 0 spiro atoms. The number of nitrogens with one attached hydrogen (secondary N) is 1. The van der Waals surface area contributed by atoms with E-state index < -0.39 is 5.91 Å². The number of aliphatic hydroxyl groups excluding tert-OH is 1. The molecular formula is C10H10ClNO2. The highest BCUT2D eigenvalue weighted by Gasteiger charge is 2.09. The molecule has 0 heterocycles. The van der Waals surface area contributed by atoms with Gasteiger partial charge in [-0.2, -0.15) is 0 Å². The van der Waals surface area contributed by atoms with Gasteiger partial charge in [0, 0.05) is 5.69 Å². The summed E-state index contributed by atoms with van der Waals surface area (Å²) in [7, 11) is 0. The van der Waals surface area contributed by atoms with Crippen molar-refractivity contribution in [3.8, 4) is 0 Å². The molecule has 1 aromatic carbocycles. The number of para-hydroxylation sites is 1. The molecule has 74 valence electrons. The maximum atomic E-state index is 11.3. The zero-order valence-electron chi connectivity index (χ0n) is 7.62. The summed E-state index contributed by atoms with van der Waals surface area (Å²) in [6.45, 7) is 1.35. The Hall–Kier alpha value is -1.48. The molecule has 0 radical (unpaired) electrons. The number of hydrogen-bond acceptors (Lipinski definition) is 2. The Bertz CT molecular complexity index is 356. The lowest BCUT2D eigenvalue weighted by Gasteiger charge is -2.03. The summed E-state index contributed by atoms with van der Waals surface area (Å²) in [5.74, 6) is -0.710. The third-order valence-electron chi connectivity index (χ3n) is 1.55. The first-order valence-electron chi connectivity index (χ1n) is 4.03. The van der Waals surface area contributed by atoms with Gasteiger partial charge in [0.1, 0.15) is 10.8 Å². The van der Waals surface area contributed by atoms with E-state index in [0.29, 0.717) is 5.69 Å². The summed E-state index contributed by atoms with van der Waals surface area (Å²) in [5, 5.41) is 11.3. The number of carbonyl (C=O) groups is 1. The molecule has 0 fully saturated rings. The lowest BCUT2D eigenvalue weighted by atomic mass is 10.3. The van der Waals surface area contributed by atoms with Gasteiger partial charge in [0.2, 0.25) is 0 Å². The van der Waals surface area contributed by atoms with Crippen LogP contribution < -0.4 is 5.32 Å². The fourth-order valence-electron chi connectivity index (χ4n) is 0.872. The number of allylic oxidation sites excluding steroid dienone is 1. The van der Waals surface area contributed by atoms with Crippen LogP contribution >= 0.6 is 11.6 Å². The van der Waals surface area contributed by atoms with Crippen molar-refractivity contribution in [2.75, 3.05) is 5.32 Å². The summed E-state index contributed by atoms with van der Waals surface area (Å²) in [6.07, 6.45) is 0. The zero-order chi connectivity index (χ0) is 10.6. The second-order valence-electron chi connectivity index (χ2n) is 2.72. The largest absolute Gasteiger partial charge is 0.511 e. The van der Waals surface area contributed by atoms with Gasteiger partial charge in [-0.05, 0) is 19.1 Å². The lowest BCUT2D eigenvalue weighted by Crippen LogP contribution is -2.12. The van der Waals surface area contributed by atoms with Crippen molar-refractivity contribution in [2.24, 2.45) is 0 Å². The first-order chi connectivity index (χ1) is 6.61. The number of anilines is 1. The van der Waals surface area contributed by atoms with E-state index in [-0.39, 0.29) is 10.8 Å². The second-order valence-corrected chi connectivity index (χ2v) is 3.10. The summed E-state index contributed by atoms with van der Waals surface area (Å²) >= 11 is 5.53. The number of carbonyl (C=O) groups excluding carboxylic acids is 1. The van der Waals surface area contributed by atoms with Crippen molar-refractivity contribution in [2.45, 2.75) is 6.92 Å². The first-order valence-corrected chi connectivity index (χ1v) is 4.41. The molecule has 4 heteroatoms. The molecule has 0 saturated carbocycles. The summed E-state index contributed by atoms with van der Waals surface area (Å²) < 4.78 is 0. The number of benzene rings is 1. The minimum Gasteiger partial charge on any atom is -0.511 e. The molecule has 3 nitrogen and oxygen atoms in total. The van der Waals surface area contributed by atoms with Crippen LogP contribution in [0.3, 0.4) is 0 Å². The van der Waals surface area contributed by atoms with E-state index >= 15 is 0 Å². The van der Waals surface area contributed by atoms with Crippen molar-refractivity contribution in [3.05, 3.63) is 41.1 Å². The summed E-state index contributed by atoms with van der Waals surface area (Å²) in [4.78, 5) is 11.3. The molecule has 1 amide bonds. The Kier molecular flexibility index (Phi) is 3.54. The van der Waals surface area contributed by atoms with Crippen LogP contribution in [0.4, 0.5) is 5.69 Å². The van der Waals surface area contributed by atoms with Gasteiger partial charge in [-0.3, -0.25) is 4.79 Å². The molecule has 0 aromatic heterocycles. The van der Waals surface area contributed by atoms with Crippen LogP contribution in [0.15, 0.2) is 41.1 Å². The van der Waals surface area contributed by atoms with E-state index in [1.165, 1.54) is 6.92 Å². The number of rotatable bonds is 2. The molecule has 1 aromatic rings. The van der Waals surface area contributed by atoms with Gasteiger partial charge >= 0.3 is 0 Å². The van der Waals surface area contributed by atoms with Gasteiger partial charge < -0.3 is 10.4 Å². The Morgan fingerprint density at radius 3 is 2.43 bits per heavy atom. The van der Waals surface area contributed by atoms with Crippen LogP contribution in [-0.4, -0.2) is 11.0 Å². The van der Waals surface area contributed by atoms with Crippen molar-refractivity contribution in [1.29, 1.82) is 0 Å². The first kappa shape index (κ1) is 10.6. The zero-order valence-corrected chi connectivity index (χ0v) is 8.38. The molecule has 2 N–H and O–H groups in total. The molecule has 0 saturated heterocycles. The molecule has 0 aliphatic carbocycles. The quantitative estimate of drug-likeness (QED) is 0.584. The maximum absolute atomic E-state index is 11.3. The third-order valence-corrected chi connectivity index (χ3v) is 1.99. The van der Waals surface area contributed by atoms with Crippen LogP contribution in [0.5, 0.6) is 0 Å². The van der Waals surface area contributed by atoms with E-state index in [1.54, 1.807) is 24.3 Å². The Labute approximate surface area is 87.0 Å². The van der Waals surface area contributed by atoms with E-state index in [9.17, 15) is 4.79 Å². The minimum absolute atomic E-state index is 0.194. The van der Waals surface area contributed by atoms with Crippen LogP contribution in [-0.2, 0) is 4.79 Å². The van der Waals surface area contributed by atoms with Gasteiger partial charge in [-0.15, -0.1) is 0 Å². The van der Waals surface area contributed by atoms with E-state index in [4.69, 9.17) is 16.7 Å². The normalized spacial score (nSPS) is 11.9. The number of hydrogen-bond donors (Lipinski definition) is 2. The molecule has 1 rings (SSSR count). The highest BCUT2D eigenvalue weighted by atomic mass is 35.5. The van der Waals surface area contributed by atoms with Gasteiger partial charge in [0.25, 0.3) is 5.91 Å². The number of halogens is 1. The molecule has 0 unspecified atom stereocenters. The predicted molar refractivity (Wildman–Crippen MR) is 56.3 cm³/mol. The standard InChI is InChI=1S/C10H10ClNO2/c1-7(13)9(11)10(14)12-8-5-3-2-4-6-8/h2-6,13H,1H3,(H,12,14)/b9-7+. The molecule has 14 heavy (non-hydrogen) atoms. The lowest BCUT2D eigenvalue weighted by molar-refractivity contribution is -0.112. The predicted octanol–water partition coefficient (Wildman–Crippen LogP) is 2.65. The number of amides is 1. The minimum atomic E-state index is -0.516. The van der Waals surface area contributed by atoms with Crippen molar-refractivity contribution >= 4 is 23.2 Å². The van der Waals surface area contributed by atoms with Crippen molar-refractivity contribution in [3.63, 3.8) is 0 Å².